The average Bonchev–Trinajstić information content (AvgIpc) is 2.28. The van der Waals surface area contributed by atoms with Crippen molar-refractivity contribution in [2.45, 2.75) is 13.8 Å². The Kier molecular flexibility index (Phi) is 5.15. The van der Waals surface area contributed by atoms with Crippen LogP contribution in [0.4, 0.5) is 0 Å². The maximum Gasteiger partial charge on any atom is 0.131 e. The standard InChI is InChI=1S/C6H6ClN.C6H7NS/c1-5-3-2-4-8-6(5)7;1-5-3-2-4-7-6(5)8/h2-4H,1H3;2-4H,1H3,(H,7,8). The molecule has 0 bridgehead atoms. The van der Waals surface area contributed by atoms with Crippen molar-refractivity contribution in [3.05, 3.63) is 57.6 Å². The van der Waals surface area contributed by atoms with Crippen molar-refractivity contribution in [3.8, 4) is 0 Å². The smallest absolute Gasteiger partial charge is 0.131 e. The molecule has 2 heterocycles. The summed E-state index contributed by atoms with van der Waals surface area (Å²) in [4.78, 5) is 6.76. The van der Waals surface area contributed by atoms with Gasteiger partial charge in [-0.25, -0.2) is 4.98 Å². The average molecular weight is 253 g/mol. The maximum absolute atomic E-state index is 5.60. The molecule has 0 amide bonds. The fourth-order valence-electron chi connectivity index (χ4n) is 0.972. The number of aryl methyl sites for hydroxylation is 2. The van der Waals surface area contributed by atoms with Gasteiger partial charge in [-0.3, -0.25) is 0 Å². The third-order valence-electron chi connectivity index (χ3n) is 1.96. The van der Waals surface area contributed by atoms with E-state index in [1.165, 1.54) is 0 Å². The van der Waals surface area contributed by atoms with Crippen molar-refractivity contribution in [1.82, 2.24) is 9.97 Å². The number of aromatic nitrogens is 2. The molecule has 2 nitrogen and oxygen atoms in total. The lowest BCUT2D eigenvalue weighted by Gasteiger charge is -1.89. The summed E-state index contributed by atoms with van der Waals surface area (Å²) in [6.07, 6.45) is 3.50. The number of nitrogens with zero attached hydrogens (tertiary/aromatic N) is 1. The molecular formula is C12H13ClN2S. The number of nitrogens with one attached hydrogen (secondary N) is 1. The molecule has 4 heteroatoms. The molecular weight excluding hydrogens is 240 g/mol. The molecule has 2 aromatic heterocycles. The van der Waals surface area contributed by atoms with Crippen LogP contribution >= 0.6 is 23.8 Å². The Morgan fingerprint density at radius 3 is 2.25 bits per heavy atom. The zero-order chi connectivity index (χ0) is 12.0. The van der Waals surface area contributed by atoms with Crippen LogP contribution in [0.15, 0.2) is 36.7 Å². The number of hydrogen-bond acceptors (Lipinski definition) is 2. The fraction of sp³-hybridized carbons (Fsp3) is 0.167. The second-order valence-electron chi connectivity index (χ2n) is 3.29. The van der Waals surface area contributed by atoms with Crippen molar-refractivity contribution in [2.24, 2.45) is 0 Å². The van der Waals surface area contributed by atoms with Crippen molar-refractivity contribution in [2.75, 3.05) is 0 Å². The van der Waals surface area contributed by atoms with Gasteiger partial charge in [0.05, 0.1) is 0 Å². The first-order valence-corrected chi connectivity index (χ1v) is 5.61. The molecule has 16 heavy (non-hydrogen) atoms. The van der Waals surface area contributed by atoms with Crippen LogP contribution in [0.2, 0.25) is 5.15 Å². The summed E-state index contributed by atoms with van der Waals surface area (Å²) in [7, 11) is 0. The fourth-order valence-corrected chi connectivity index (χ4v) is 1.23. The second-order valence-corrected chi connectivity index (χ2v) is 4.06. The van der Waals surface area contributed by atoms with Crippen LogP contribution in [0.1, 0.15) is 11.1 Å². The predicted octanol–water partition coefficient (Wildman–Crippen LogP) is 4.10. The van der Waals surface area contributed by atoms with E-state index in [1.807, 2.05) is 44.3 Å². The summed E-state index contributed by atoms with van der Waals surface area (Å²) in [5.74, 6) is 0. The number of H-pyrrole nitrogens is 1. The van der Waals surface area contributed by atoms with Gasteiger partial charge in [-0.05, 0) is 37.1 Å². The lowest BCUT2D eigenvalue weighted by atomic mass is 10.3. The molecule has 0 aliphatic heterocycles. The molecule has 0 atom stereocenters. The lowest BCUT2D eigenvalue weighted by molar-refractivity contribution is 1.24. The first-order chi connectivity index (χ1) is 7.61. The molecule has 0 unspecified atom stereocenters. The van der Waals surface area contributed by atoms with E-state index in [1.54, 1.807) is 6.20 Å². The van der Waals surface area contributed by atoms with Gasteiger partial charge in [0.15, 0.2) is 0 Å². The number of rotatable bonds is 0. The highest BCUT2D eigenvalue weighted by molar-refractivity contribution is 7.71. The minimum atomic E-state index is 0.590. The van der Waals surface area contributed by atoms with E-state index >= 15 is 0 Å². The van der Waals surface area contributed by atoms with Crippen LogP contribution in [0, 0.1) is 18.5 Å². The minimum Gasteiger partial charge on any atom is -0.353 e. The van der Waals surface area contributed by atoms with E-state index in [2.05, 4.69) is 9.97 Å². The molecule has 0 aliphatic carbocycles. The van der Waals surface area contributed by atoms with Crippen molar-refractivity contribution in [1.29, 1.82) is 0 Å². The summed E-state index contributed by atoms with van der Waals surface area (Å²) in [5.41, 5.74) is 2.15. The van der Waals surface area contributed by atoms with Crippen LogP contribution in [0.25, 0.3) is 0 Å². The van der Waals surface area contributed by atoms with Gasteiger partial charge in [-0.2, -0.15) is 0 Å². The van der Waals surface area contributed by atoms with E-state index in [0.29, 0.717) is 5.15 Å². The van der Waals surface area contributed by atoms with E-state index < -0.39 is 0 Å². The van der Waals surface area contributed by atoms with Crippen molar-refractivity contribution < 1.29 is 0 Å². The summed E-state index contributed by atoms with van der Waals surface area (Å²) in [5, 5.41) is 0.590. The molecule has 1 N–H and O–H groups in total. The normalized spacial score (nSPS) is 9.19. The topological polar surface area (TPSA) is 28.7 Å². The molecule has 0 aliphatic rings. The van der Waals surface area contributed by atoms with Crippen LogP contribution in [-0.2, 0) is 0 Å². The zero-order valence-electron chi connectivity index (χ0n) is 9.20. The molecule has 0 fully saturated rings. The number of hydrogen-bond donors (Lipinski definition) is 1. The summed E-state index contributed by atoms with van der Waals surface area (Å²) >= 11 is 10.5. The molecule has 2 rings (SSSR count). The predicted molar refractivity (Wildman–Crippen MR) is 70.3 cm³/mol. The van der Waals surface area contributed by atoms with Crippen LogP contribution in [0.3, 0.4) is 0 Å². The van der Waals surface area contributed by atoms with Crippen molar-refractivity contribution >= 4 is 23.8 Å². The maximum atomic E-state index is 5.60. The lowest BCUT2D eigenvalue weighted by Crippen LogP contribution is -1.75. The Balaban J connectivity index is 0.000000160. The quantitative estimate of drug-likeness (QED) is 0.565. The van der Waals surface area contributed by atoms with Gasteiger partial charge in [-0.15, -0.1) is 0 Å². The number of halogens is 1. The summed E-state index contributed by atoms with van der Waals surface area (Å²) in [6, 6.07) is 7.71. The third kappa shape index (κ3) is 4.13. The van der Waals surface area contributed by atoms with E-state index in [0.717, 1.165) is 15.8 Å². The van der Waals surface area contributed by atoms with Crippen molar-refractivity contribution in [3.63, 3.8) is 0 Å². The van der Waals surface area contributed by atoms with Gasteiger partial charge in [-0.1, -0.05) is 36.0 Å². The van der Waals surface area contributed by atoms with Crippen LogP contribution in [-0.4, -0.2) is 9.97 Å². The van der Waals surface area contributed by atoms with Gasteiger partial charge < -0.3 is 4.98 Å². The van der Waals surface area contributed by atoms with Gasteiger partial charge in [0.2, 0.25) is 0 Å². The SMILES string of the molecule is Cc1ccc[nH]c1=S.Cc1cccnc1Cl. The molecule has 0 radical (unpaired) electrons. The zero-order valence-corrected chi connectivity index (χ0v) is 10.8. The Bertz CT molecular complexity index is 487. The molecule has 2 aromatic rings. The Labute approximate surface area is 105 Å². The third-order valence-corrected chi connectivity index (χ3v) is 2.80. The number of pyridine rings is 2. The Morgan fingerprint density at radius 2 is 1.88 bits per heavy atom. The van der Waals surface area contributed by atoms with E-state index in [4.69, 9.17) is 23.8 Å². The second kappa shape index (κ2) is 6.40. The van der Waals surface area contributed by atoms with Gasteiger partial charge in [0.25, 0.3) is 0 Å². The minimum absolute atomic E-state index is 0.590. The van der Waals surface area contributed by atoms with Crippen LogP contribution in [0.5, 0.6) is 0 Å². The number of aromatic amines is 1. The van der Waals surface area contributed by atoms with E-state index in [-0.39, 0.29) is 0 Å². The Hall–Kier alpha value is -1.19. The first-order valence-electron chi connectivity index (χ1n) is 4.82. The van der Waals surface area contributed by atoms with E-state index in [9.17, 15) is 0 Å². The molecule has 0 saturated heterocycles. The largest absolute Gasteiger partial charge is 0.353 e. The highest BCUT2D eigenvalue weighted by Gasteiger charge is 1.88. The summed E-state index contributed by atoms with van der Waals surface area (Å²) < 4.78 is 0.826. The molecule has 0 spiro atoms. The van der Waals surface area contributed by atoms with Gasteiger partial charge in [0, 0.05) is 12.4 Å². The highest BCUT2D eigenvalue weighted by atomic mass is 35.5. The molecule has 0 aromatic carbocycles. The summed E-state index contributed by atoms with van der Waals surface area (Å²) in [6.45, 7) is 3.91. The first kappa shape index (κ1) is 12.9. The van der Waals surface area contributed by atoms with Gasteiger partial charge >= 0.3 is 0 Å². The highest BCUT2D eigenvalue weighted by Crippen LogP contribution is 2.07. The Morgan fingerprint density at radius 1 is 1.19 bits per heavy atom. The van der Waals surface area contributed by atoms with Crippen LogP contribution < -0.4 is 0 Å². The van der Waals surface area contributed by atoms with Gasteiger partial charge in [0.1, 0.15) is 9.79 Å². The monoisotopic (exact) mass is 252 g/mol. The molecule has 0 saturated carbocycles. The molecule has 84 valence electrons.